The van der Waals surface area contributed by atoms with Gasteiger partial charge in [-0.2, -0.15) is 0 Å². The molecule has 1 amide bonds. The van der Waals surface area contributed by atoms with Crippen LogP contribution in [0.15, 0.2) is 53.4 Å². The second kappa shape index (κ2) is 9.15. The smallest absolute Gasteiger partial charge is 0.341 e. The van der Waals surface area contributed by atoms with Crippen molar-refractivity contribution >= 4 is 21.9 Å². The van der Waals surface area contributed by atoms with E-state index in [9.17, 15) is 22.4 Å². The summed E-state index contributed by atoms with van der Waals surface area (Å²) in [5.74, 6) is -2.53. The lowest BCUT2D eigenvalue weighted by molar-refractivity contribution is -0.139. The monoisotopic (exact) mass is 422 g/mol. The van der Waals surface area contributed by atoms with E-state index in [1.807, 2.05) is 30.3 Å². The number of sulfonamides is 1. The van der Waals surface area contributed by atoms with Crippen LogP contribution >= 0.6 is 0 Å². The van der Waals surface area contributed by atoms with Crippen molar-refractivity contribution in [1.82, 2.24) is 9.21 Å². The minimum atomic E-state index is -3.86. The molecule has 2 rings (SSSR count). The number of rotatable bonds is 7. The number of benzene rings is 2. The van der Waals surface area contributed by atoms with E-state index in [1.165, 1.54) is 25.9 Å². The highest BCUT2D eigenvalue weighted by molar-refractivity contribution is 7.89. The van der Waals surface area contributed by atoms with Gasteiger partial charge in [0.25, 0.3) is 5.91 Å². The molecule has 0 spiro atoms. The summed E-state index contributed by atoms with van der Waals surface area (Å²) in [6, 6.07) is 12.1. The van der Waals surface area contributed by atoms with Crippen molar-refractivity contribution in [3.05, 3.63) is 65.5 Å². The summed E-state index contributed by atoms with van der Waals surface area (Å²) in [6.07, 6.45) is -1.18. The van der Waals surface area contributed by atoms with Crippen LogP contribution < -0.4 is 0 Å². The summed E-state index contributed by atoms with van der Waals surface area (Å²) in [4.78, 5) is 26.0. The summed E-state index contributed by atoms with van der Waals surface area (Å²) in [5.41, 5.74) is 0.341. The molecule has 0 bridgehead atoms. The molecule has 0 aliphatic carbocycles. The highest BCUT2D eigenvalue weighted by Gasteiger charge is 2.26. The highest BCUT2D eigenvalue weighted by Crippen LogP contribution is 2.19. The van der Waals surface area contributed by atoms with Crippen LogP contribution in [0.1, 0.15) is 22.8 Å². The zero-order chi connectivity index (χ0) is 21.8. The van der Waals surface area contributed by atoms with Crippen LogP contribution in [0.4, 0.5) is 4.39 Å². The van der Waals surface area contributed by atoms with Gasteiger partial charge in [0.2, 0.25) is 10.0 Å². The number of nitrogens with zero attached hydrogens (tertiary/aromatic N) is 2. The Hall–Kier alpha value is -2.78. The first-order valence-electron chi connectivity index (χ1n) is 8.76. The molecule has 7 nitrogen and oxygen atoms in total. The number of amides is 1. The molecule has 0 radical (unpaired) electrons. The van der Waals surface area contributed by atoms with E-state index in [4.69, 9.17) is 4.74 Å². The highest BCUT2D eigenvalue weighted by atomic mass is 32.2. The molecule has 0 saturated heterocycles. The average molecular weight is 422 g/mol. The van der Waals surface area contributed by atoms with Gasteiger partial charge in [-0.25, -0.2) is 21.9 Å². The molecule has 29 heavy (non-hydrogen) atoms. The van der Waals surface area contributed by atoms with Crippen LogP contribution in [0.25, 0.3) is 0 Å². The van der Waals surface area contributed by atoms with Gasteiger partial charge in [0.15, 0.2) is 6.10 Å². The predicted octanol–water partition coefficient (Wildman–Crippen LogP) is 2.28. The molecule has 0 unspecified atom stereocenters. The fraction of sp³-hybridized carbons (Fsp3) is 0.300. The van der Waals surface area contributed by atoms with E-state index in [1.54, 1.807) is 7.05 Å². The number of carbonyl (C=O) groups is 2. The molecule has 2 aromatic rings. The molecule has 0 saturated carbocycles. The number of ether oxygens (including phenoxy) is 1. The molecule has 0 fully saturated rings. The van der Waals surface area contributed by atoms with Gasteiger partial charge in [-0.3, -0.25) is 4.79 Å². The van der Waals surface area contributed by atoms with E-state index < -0.39 is 39.4 Å². The van der Waals surface area contributed by atoms with Crippen LogP contribution in [-0.4, -0.2) is 56.7 Å². The molecule has 1 atom stereocenters. The zero-order valence-corrected chi connectivity index (χ0v) is 17.4. The summed E-state index contributed by atoms with van der Waals surface area (Å²) < 4.78 is 44.5. The van der Waals surface area contributed by atoms with Crippen molar-refractivity contribution in [3.63, 3.8) is 0 Å². The van der Waals surface area contributed by atoms with E-state index in [0.29, 0.717) is 6.54 Å². The molecule has 0 aromatic heterocycles. The Bertz CT molecular complexity index is 993. The van der Waals surface area contributed by atoms with Crippen LogP contribution in [0.5, 0.6) is 0 Å². The minimum absolute atomic E-state index is 0.254. The van der Waals surface area contributed by atoms with Crippen LogP contribution in [-0.2, 0) is 26.1 Å². The Balaban J connectivity index is 2.13. The lowest BCUT2D eigenvalue weighted by Crippen LogP contribution is -2.37. The van der Waals surface area contributed by atoms with Crippen LogP contribution in [0.2, 0.25) is 0 Å². The first-order valence-corrected chi connectivity index (χ1v) is 10.2. The Morgan fingerprint density at radius 1 is 1.07 bits per heavy atom. The summed E-state index contributed by atoms with van der Waals surface area (Å²) in [6.45, 7) is 1.69. The summed E-state index contributed by atoms with van der Waals surface area (Å²) >= 11 is 0. The lowest BCUT2D eigenvalue weighted by atomic mass is 10.2. The van der Waals surface area contributed by atoms with Crippen molar-refractivity contribution in [2.75, 3.05) is 21.1 Å². The van der Waals surface area contributed by atoms with Crippen molar-refractivity contribution < 1.29 is 27.1 Å². The third kappa shape index (κ3) is 5.39. The molecule has 0 aliphatic rings. The SMILES string of the molecule is C[C@H](OC(=O)c1cc(S(=O)(=O)N(C)C)ccc1F)C(=O)N(C)Cc1ccccc1. The van der Waals surface area contributed by atoms with E-state index >= 15 is 0 Å². The average Bonchev–Trinajstić information content (AvgIpc) is 2.67. The fourth-order valence-electron chi connectivity index (χ4n) is 2.55. The fourth-order valence-corrected chi connectivity index (χ4v) is 3.48. The topological polar surface area (TPSA) is 84.0 Å². The van der Waals surface area contributed by atoms with Crippen LogP contribution in [0.3, 0.4) is 0 Å². The van der Waals surface area contributed by atoms with Gasteiger partial charge in [0.1, 0.15) is 5.82 Å². The van der Waals surface area contributed by atoms with E-state index in [0.717, 1.165) is 28.1 Å². The van der Waals surface area contributed by atoms with Gasteiger partial charge in [-0.15, -0.1) is 0 Å². The Morgan fingerprint density at radius 2 is 1.69 bits per heavy atom. The molecule has 0 aliphatic heterocycles. The third-order valence-corrected chi connectivity index (χ3v) is 6.02. The van der Waals surface area contributed by atoms with Crippen molar-refractivity contribution in [2.45, 2.75) is 24.5 Å². The van der Waals surface area contributed by atoms with Crippen molar-refractivity contribution in [2.24, 2.45) is 0 Å². The molecule has 0 heterocycles. The zero-order valence-electron chi connectivity index (χ0n) is 16.6. The maximum atomic E-state index is 14.1. The molecular formula is C20H23FN2O5S. The number of likely N-dealkylation sites (N-methyl/N-ethyl adjacent to an activating group) is 1. The summed E-state index contributed by atoms with van der Waals surface area (Å²) in [7, 11) is 0.340. The van der Waals surface area contributed by atoms with Gasteiger partial charge < -0.3 is 9.64 Å². The molecular weight excluding hydrogens is 399 g/mol. The molecule has 9 heteroatoms. The predicted molar refractivity (Wildman–Crippen MR) is 105 cm³/mol. The summed E-state index contributed by atoms with van der Waals surface area (Å²) in [5, 5.41) is 0. The van der Waals surface area contributed by atoms with E-state index in [2.05, 4.69) is 0 Å². The second-order valence-electron chi connectivity index (χ2n) is 6.66. The van der Waals surface area contributed by atoms with Gasteiger partial charge in [-0.1, -0.05) is 30.3 Å². The van der Waals surface area contributed by atoms with Gasteiger partial charge >= 0.3 is 5.97 Å². The Labute approximate surface area is 169 Å². The number of halogens is 1. The van der Waals surface area contributed by atoms with Crippen molar-refractivity contribution in [3.8, 4) is 0 Å². The number of esters is 1. The largest absolute Gasteiger partial charge is 0.449 e. The third-order valence-electron chi connectivity index (χ3n) is 4.21. The van der Waals surface area contributed by atoms with E-state index in [-0.39, 0.29) is 4.90 Å². The molecule has 156 valence electrons. The normalized spacial score (nSPS) is 12.5. The lowest BCUT2D eigenvalue weighted by Gasteiger charge is -2.21. The quantitative estimate of drug-likeness (QED) is 0.639. The number of carbonyl (C=O) groups excluding carboxylic acids is 2. The first-order chi connectivity index (χ1) is 13.5. The van der Waals surface area contributed by atoms with Gasteiger partial charge in [-0.05, 0) is 30.7 Å². The standard InChI is InChI=1S/C20H23FN2O5S/c1-14(19(24)23(4)13-15-8-6-5-7-9-15)28-20(25)17-12-16(10-11-18(17)21)29(26,27)22(2)3/h5-12,14H,13H2,1-4H3/t14-/m0/s1. The molecule has 2 aromatic carbocycles. The van der Waals surface area contributed by atoms with Gasteiger partial charge in [0, 0.05) is 27.7 Å². The maximum absolute atomic E-state index is 14.1. The Morgan fingerprint density at radius 3 is 2.28 bits per heavy atom. The maximum Gasteiger partial charge on any atom is 0.341 e. The molecule has 0 N–H and O–H groups in total. The minimum Gasteiger partial charge on any atom is -0.449 e. The second-order valence-corrected chi connectivity index (χ2v) is 8.81. The van der Waals surface area contributed by atoms with Crippen molar-refractivity contribution in [1.29, 1.82) is 0 Å². The Kier molecular flexibility index (Phi) is 7.10. The first kappa shape index (κ1) is 22.5. The van der Waals surface area contributed by atoms with Crippen LogP contribution in [0, 0.1) is 5.82 Å². The number of hydrogen-bond donors (Lipinski definition) is 0. The number of hydrogen-bond acceptors (Lipinski definition) is 5. The van der Waals surface area contributed by atoms with Gasteiger partial charge in [0.05, 0.1) is 10.5 Å².